The van der Waals surface area contributed by atoms with Gasteiger partial charge in [0.1, 0.15) is 6.61 Å². The first-order valence-electron chi connectivity index (χ1n) is 10.5. The Kier molecular flexibility index (Phi) is 4.43. The van der Waals surface area contributed by atoms with Crippen LogP contribution in [0.15, 0.2) is 48.5 Å². The Morgan fingerprint density at radius 3 is 2.21 bits per heavy atom. The topological polar surface area (TPSA) is 50.1 Å². The van der Waals surface area contributed by atoms with Gasteiger partial charge in [-0.1, -0.05) is 42.5 Å². The fourth-order valence-corrected chi connectivity index (χ4v) is 6.17. The van der Waals surface area contributed by atoms with Crippen molar-refractivity contribution in [2.45, 2.75) is 38.7 Å². The molecule has 4 aliphatic rings. The molecule has 0 heterocycles. The first-order chi connectivity index (χ1) is 13.7. The maximum absolute atomic E-state index is 12.8. The van der Waals surface area contributed by atoms with Crippen molar-refractivity contribution >= 4 is 5.97 Å². The van der Waals surface area contributed by atoms with Crippen LogP contribution >= 0.6 is 0 Å². The van der Waals surface area contributed by atoms with Crippen LogP contribution in [0.3, 0.4) is 0 Å². The highest BCUT2D eigenvalue weighted by molar-refractivity contribution is 5.74. The predicted octanol–water partition coefficient (Wildman–Crippen LogP) is 5.34. The average molecular weight is 371 g/mol. The highest BCUT2D eigenvalue weighted by Gasteiger charge is 2.51. The van der Waals surface area contributed by atoms with Gasteiger partial charge in [0, 0.05) is 0 Å². The summed E-state index contributed by atoms with van der Waals surface area (Å²) in [7, 11) is 0. The molecule has 0 radical (unpaired) electrons. The van der Waals surface area contributed by atoms with Gasteiger partial charge in [0.05, 0.1) is 17.6 Å². The van der Waals surface area contributed by atoms with Gasteiger partial charge in [-0.3, -0.25) is 4.79 Å². The van der Waals surface area contributed by atoms with Crippen molar-refractivity contribution in [2.24, 2.45) is 29.6 Å². The van der Waals surface area contributed by atoms with Crippen LogP contribution in [0.5, 0.6) is 0 Å². The number of hydrogen-bond acceptors (Lipinski definition) is 3. The van der Waals surface area contributed by atoms with Gasteiger partial charge in [-0.25, -0.2) is 0 Å². The lowest BCUT2D eigenvalue weighted by atomic mass is 9.52. The number of benzene rings is 2. The van der Waals surface area contributed by atoms with Gasteiger partial charge in [-0.15, -0.1) is 0 Å². The molecule has 2 aromatic carbocycles. The summed E-state index contributed by atoms with van der Waals surface area (Å²) in [5, 5.41) is 9.28. The normalized spacial score (nSPS) is 30.0. The smallest absolute Gasteiger partial charge is 0.309 e. The summed E-state index contributed by atoms with van der Waals surface area (Å²) in [6, 6.07) is 17.8. The fraction of sp³-hybridized carbons (Fsp3) is 0.440. The molecule has 0 aliphatic heterocycles. The van der Waals surface area contributed by atoms with E-state index in [9.17, 15) is 10.1 Å². The molecule has 4 saturated carbocycles. The van der Waals surface area contributed by atoms with Gasteiger partial charge in [0.2, 0.25) is 0 Å². The Hall–Kier alpha value is -2.60. The second kappa shape index (κ2) is 7.09. The number of esters is 1. The molecule has 4 fully saturated rings. The summed E-state index contributed by atoms with van der Waals surface area (Å²) in [5.74, 6) is 3.02. The highest BCUT2D eigenvalue weighted by atomic mass is 16.5. The number of rotatable bonds is 4. The molecule has 0 amide bonds. The maximum atomic E-state index is 12.8. The van der Waals surface area contributed by atoms with Crippen LogP contribution in [0.1, 0.15) is 43.2 Å². The Bertz CT molecular complexity index is 896. The summed E-state index contributed by atoms with van der Waals surface area (Å²) >= 11 is 0. The number of carbonyl (C=O) groups is 1. The number of ether oxygens (including phenoxy) is 1. The van der Waals surface area contributed by atoms with Crippen molar-refractivity contribution in [1.82, 2.24) is 0 Å². The first kappa shape index (κ1) is 17.5. The zero-order chi connectivity index (χ0) is 19.1. The lowest BCUT2D eigenvalue weighted by molar-refractivity contribution is -0.163. The molecular formula is C25H25NO2. The predicted molar refractivity (Wildman–Crippen MR) is 107 cm³/mol. The third-order valence-electron chi connectivity index (χ3n) is 7.19. The van der Waals surface area contributed by atoms with Crippen LogP contribution < -0.4 is 0 Å². The van der Waals surface area contributed by atoms with Gasteiger partial charge in [-0.2, -0.15) is 5.26 Å². The molecule has 0 aromatic heterocycles. The van der Waals surface area contributed by atoms with E-state index < -0.39 is 0 Å². The summed E-state index contributed by atoms with van der Waals surface area (Å²) in [4.78, 5) is 12.8. The molecule has 6 rings (SSSR count). The van der Waals surface area contributed by atoms with Crippen molar-refractivity contribution in [2.75, 3.05) is 0 Å². The molecule has 4 aliphatic carbocycles. The molecule has 28 heavy (non-hydrogen) atoms. The molecule has 0 unspecified atom stereocenters. The Balaban J connectivity index is 1.24. The zero-order valence-electron chi connectivity index (χ0n) is 16.0. The average Bonchev–Trinajstić information content (AvgIpc) is 2.72. The molecule has 0 spiro atoms. The lowest BCUT2D eigenvalue weighted by Crippen LogP contribution is -2.48. The van der Waals surface area contributed by atoms with Crippen molar-refractivity contribution in [3.63, 3.8) is 0 Å². The van der Waals surface area contributed by atoms with Crippen molar-refractivity contribution in [3.05, 3.63) is 59.7 Å². The quantitative estimate of drug-likeness (QED) is 0.682. The third kappa shape index (κ3) is 3.11. The van der Waals surface area contributed by atoms with E-state index in [1.807, 2.05) is 48.5 Å². The second-order valence-electron chi connectivity index (χ2n) is 8.92. The van der Waals surface area contributed by atoms with Crippen molar-refractivity contribution in [3.8, 4) is 17.2 Å². The van der Waals surface area contributed by atoms with E-state index in [0.717, 1.165) is 28.5 Å². The molecule has 3 heteroatoms. The van der Waals surface area contributed by atoms with Gasteiger partial charge in [0.25, 0.3) is 0 Å². The minimum atomic E-state index is 0.0210. The third-order valence-corrected chi connectivity index (χ3v) is 7.19. The van der Waals surface area contributed by atoms with Gasteiger partial charge < -0.3 is 4.74 Å². The SMILES string of the molecule is N#Cc1ccccc1-c1ccc(COC(=O)C2C3CC4CC(C3)CC2C4)cc1. The Labute approximate surface area is 166 Å². The van der Waals surface area contributed by atoms with Crippen LogP contribution in [0, 0.1) is 40.9 Å². The number of nitrogens with zero attached hydrogens (tertiary/aromatic N) is 1. The molecule has 0 atom stereocenters. The van der Waals surface area contributed by atoms with Crippen LogP contribution in [0.2, 0.25) is 0 Å². The lowest BCUT2D eigenvalue weighted by Gasteiger charge is -2.53. The molecule has 2 aromatic rings. The van der Waals surface area contributed by atoms with E-state index in [0.29, 0.717) is 24.0 Å². The van der Waals surface area contributed by atoms with E-state index in [-0.39, 0.29) is 11.9 Å². The van der Waals surface area contributed by atoms with E-state index >= 15 is 0 Å². The maximum Gasteiger partial charge on any atom is 0.309 e. The van der Waals surface area contributed by atoms with E-state index in [1.54, 1.807) is 0 Å². The van der Waals surface area contributed by atoms with Gasteiger partial charge in [0.15, 0.2) is 0 Å². The van der Waals surface area contributed by atoms with E-state index in [4.69, 9.17) is 4.74 Å². The van der Waals surface area contributed by atoms with Gasteiger partial charge >= 0.3 is 5.97 Å². The largest absolute Gasteiger partial charge is 0.461 e. The van der Waals surface area contributed by atoms with Gasteiger partial charge in [-0.05, 0) is 78.5 Å². The molecule has 0 saturated heterocycles. The van der Waals surface area contributed by atoms with Crippen molar-refractivity contribution in [1.29, 1.82) is 5.26 Å². The second-order valence-corrected chi connectivity index (χ2v) is 8.92. The fourth-order valence-electron chi connectivity index (χ4n) is 6.17. The van der Waals surface area contributed by atoms with Crippen molar-refractivity contribution < 1.29 is 9.53 Å². The molecule has 4 bridgehead atoms. The number of carbonyl (C=O) groups excluding carboxylic acids is 1. The van der Waals surface area contributed by atoms with E-state index in [1.165, 1.54) is 32.1 Å². The van der Waals surface area contributed by atoms with Crippen LogP contribution in [0.4, 0.5) is 0 Å². The first-order valence-corrected chi connectivity index (χ1v) is 10.5. The van der Waals surface area contributed by atoms with Crippen LogP contribution in [-0.2, 0) is 16.1 Å². The minimum Gasteiger partial charge on any atom is -0.461 e. The minimum absolute atomic E-state index is 0.0210. The van der Waals surface area contributed by atoms with Crippen LogP contribution in [-0.4, -0.2) is 5.97 Å². The number of hydrogen-bond donors (Lipinski definition) is 0. The summed E-state index contributed by atoms with van der Waals surface area (Å²) in [6.07, 6.45) is 6.34. The molecule has 3 nitrogen and oxygen atoms in total. The summed E-state index contributed by atoms with van der Waals surface area (Å²) in [6.45, 7) is 0.335. The monoisotopic (exact) mass is 371 g/mol. The van der Waals surface area contributed by atoms with E-state index in [2.05, 4.69) is 6.07 Å². The summed E-state index contributed by atoms with van der Waals surface area (Å²) < 4.78 is 5.75. The Morgan fingerprint density at radius 2 is 1.57 bits per heavy atom. The molecular weight excluding hydrogens is 346 g/mol. The zero-order valence-corrected chi connectivity index (χ0v) is 16.0. The van der Waals surface area contributed by atoms with Crippen LogP contribution in [0.25, 0.3) is 11.1 Å². The highest BCUT2D eigenvalue weighted by Crippen LogP contribution is 2.56. The summed E-state index contributed by atoms with van der Waals surface area (Å²) in [5.41, 5.74) is 3.61. The standard InChI is InChI=1S/C25H25NO2/c26-14-20-3-1-2-4-23(20)19-7-5-16(6-8-19)15-28-25(27)24-21-10-17-9-18(12-21)13-22(24)11-17/h1-8,17-18,21-22,24H,9-13,15H2. The number of nitriles is 1. The molecule has 0 N–H and O–H groups in total. The Morgan fingerprint density at radius 1 is 0.929 bits per heavy atom. The molecule has 142 valence electrons.